The van der Waals surface area contributed by atoms with Crippen molar-refractivity contribution in [1.29, 1.82) is 0 Å². The van der Waals surface area contributed by atoms with Crippen molar-refractivity contribution in [2.24, 2.45) is 16.7 Å². The molecule has 3 aliphatic heterocycles. The summed E-state index contributed by atoms with van der Waals surface area (Å²) >= 11 is 0. The number of rotatable bonds is 12. The van der Waals surface area contributed by atoms with Crippen LogP contribution < -0.4 is 0 Å². The zero-order valence-electron chi connectivity index (χ0n) is 39.4. The molecule has 6 fully saturated rings. The maximum atomic E-state index is 13.7. The van der Waals surface area contributed by atoms with Crippen LogP contribution in [0.1, 0.15) is 116 Å². The standard InChI is InChI=1S/C49H72O16/c1-26-41(51)33(56-7)22-39(59-26)64-43-28(3)61-40(24-35(43)58-9)65-42-27(2)60-38(23-34(42)57-8)62-32-16-17-45(5)31(21-32)15-18-48(54)36(45)25-37(63-44(52)30-13-11-10-12-14-30)46(6)47(53,29(4)50)19-20-49(46,48)55/h10-15,26-28,32-43,51,53-55H,16-25H2,1-9H3/t26-,27+,28+,32-,33+,34-,35-,36+,37+,38-,39-,40-,41-,42+,43+,45-,46+,47+,48-,49+/m0/s1. The van der Waals surface area contributed by atoms with Crippen LogP contribution in [0.25, 0.3) is 0 Å². The Hall–Kier alpha value is -2.42. The van der Waals surface area contributed by atoms with Crippen molar-refractivity contribution in [2.45, 2.75) is 209 Å². The number of carbonyl (C=O) groups is 2. The largest absolute Gasteiger partial charge is 0.458 e. The van der Waals surface area contributed by atoms with E-state index in [4.69, 9.17) is 47.4 Å². The Morgan fingerprint density at radius 3 is 1.85 bits per heavy atom. The van der Waals surface area contributed by atoms with E-state index in [0.29, 0.717) is 44.1 Å². The Morgan fingerprint density at radius 2 is 1.28 bits per heavy atom. The number of fused-ring (bicyclic) bond motifs is 5. The number of esters is 1. The molecule has 20 atom stereocenters. The molecule has 0 amide bonds. The summed E-state index contributed by atoms with van der Waals surface area (Å²) in [6.45, 7) is 10.6. The van der Waals surface area contributed by atoms with Gasteiger partial charge in [-0.3, -0.25) is 4.79 Å². The first-order chi connectivity index (χ1) is 30.8. The van der Waals surface area contributed by atoms with E-state index in [1.165, 1.54) is 6.92 Å². The van der Waals surface area contributed by atoms with Crippen LogP contribution in [0, 0.1) is 16.7 Å². The van der Waals surface area contributed by atoms with Crippen molar-refractivity contribution in [3.63, 3.8) is 0 Å². The molecule has 1 aromatic rings. The van der Waals surface area contributed by atoms with Crippen LogP contribution in [0.3, 0.4) is 0 Å². The number of aliphatic hydroxyl groups excluding tert-OH is 1. The smallest absolute Gasteiger partial charge is 0.338 e. The molecule has 8 rings (SSSR count). The predicted octanol–water partition coefficient (Wildman–Crippen LogP) is 4.30. The number of benzene rings is 1. The summed E-state index contributed by atoms with van der Waals surface area (Å²) < 4.78 is 62.2. The zero-order chi connectivity index (χ0) is 46.9. The molecule has 3 saturated carbocycles. The molecule has 1 aromatic carbocycles. The third kappa shape index (κ3) is 8.17. The summed E-state index contributed by atoms with van der Waals surface area (Å²) in [5, 5.41) is 48.3. The van der Waals surface area contributed by atoms with Gasteiger partial charge in [0.1, 0.15) is 41.2 Å². The number of aliphatic hydroxyl groups is 4. The molecule has 4 aliphatic carbocycles. The van der Waals surface area contributed by atoms with E-state index in [1.807, 2.05) is 19.9 Å². The molecule has 0 aromatic heterocycles. The van der Waals surface area contributed by atoms with Crippen LogP contribution in [-0.2, 0) is 52.2 Å². The first-order valence-electron chi connectivity index (χ1n) is 23.6. The fourth-order valence-corrected chi connectivity index (χ4v) is 13.2. The minimum atomic E-state index is -2.03. The molecule has 3 saturated heterocycles. The van der Waals surface area contributed by atoms with E-state index in [-0.39, 0.29) is 44.0 Å². The number of carbonyl (C=O) groups excluding carboxylic acids is 2. The Bertz CT molecular complexity index is 1900. The molecule has 0 spiro atoms. The minimum Gasteiger partial charge on any atom is -0.458 e. The van der Waals surface area contributed by atoms with Gasteiger partial charge in [-0.05, 0) is 97.1 Å². The van der Waals surface area contributed by atoms with Crippen LogP contribution in [0.2, 0.25) is 0 Å². The van der Waals surface area contributed by atoms with E-state index < -0.39 is 113 Å². The molecule has 65 heavy (non-hydrogen) atoms. The summed E-state index contributed by atoms with van der Waals surface area (Å²) in [7, 11) is 4.84. The topological polar surface area (TPSA) is 207 Å². The highest BCUT2D eigenvalue weighted by Gasteiger charge is 2.81. The summed E-state index contributed by atoms with van der Waals surface area (Å²) in [6.07, 6.45) is -2.19. The van der Waals surface area contributed by atoms with Crippen LogP contribution >= 0.6 is 0 Å². The van der Waals surface area contributed by atoms with E-state index >= 15 is 0 Å². The van der Waals surface area contributed by atoms with Gasteiger partial charge in [0.2, 0.25) is 0 Å². The van der Waals surface area contributed by atoms with Crippen molar-refractivity contribution in [2.75, 3.05) is 21.3 Å². The number of hydrogen-bond acceptors (Lipinski definition) is 16. The lowest BCUT2D eigenvalue weighted by atomic mass is 9.42. The number of hydrogen-bond donors (Lipinski definition) is 4. The van der Waals surface area contributed by atoms with Gasteiger partial charge in [0, 0.05) is 46.5 Å². The summed E-state index contributed by atoms with van der Waals surface area (Å²) in [6, 6.07) is 8.53. The van der Waals surface area contributed by atoms with E-state index in [9.17, 15) is 30.0 Å². The number of methoxy groups -OCH3 is 3. The van der Waals surface area contributed by atoms with Gasteiger partial charge in [-0.25, -0.2) is 4.79 Å². The highest BCUT2D eigenvalue weighted by Crippen LogP contribution is 2.71. The SMILES string of the molecule is CO[C@H]1C[C@H](O[C@H]2CC[C@@]3(C)C(=CC[C@]4(O)[C@@H]3C[C@@H](OC(=O)c3ccccc3)[C@@]3(C)[C@]4(O)CC[C@@]3(O)C(C)=O)C2)O[C@H](C)[C@H]1O[C@H]1C[C@H](OC)[C@H](O[C@H]2C[C@@H](OC)[C@@H](O)[C@H](C)O2)[C@@H](C)O1. The van der Waals surface area contributed by atoms with Crippen LogP contribution in [0.5, 0.6) is 0 Å². The van der Waals surface area contributed by atoms with Crippen molar-refractivity contribution in [3.8, 4) is 0 Å². The van der Waals surface area contributed by atoms with Gasteiger partial charge >= 0.3 is 5.97 Å². The lowest BCUT2D eigenvalue weighted by molar-refractivity contribution is -0.338. The molecule has 16 nitrogen and oxygen atoms in total. The Labute approximate surface area is 382 Å². The average Bonchev–Trinajstić information content (AvgIpc) is 3.51. The number of ketones is 1. The van der Waals surface area contributed by atoms with Gasteiger partial charge in [0.05, 0.1) is 53.7 Å². The fourth-order valence-electron chi connectivity index (χ4n) is 13.2. The lowest BCUT2D eigenvalue weighted by Crippen LogP contribution is -2.78. The highest BCUT2D eigenvalue weighted by molar-refractivity contribution is 5.90. The highest BCUT2D eigenvalue weighted by atomic mass is 16.7. The quantitative estimate of drug-likeness (QED) is 0.170. The van der Waals surface area contributed by atoms with Crippen molar-refractivity contribution < 1.29 is 77.4 Å². The second-order valence-corrected chi connectivity index (χ2v) is 20.3. The van der Waals surface area contributed by atoms with Gasteiger partial charge in [-0.1, -0.05) is 36.8 Å². The molecule has 0 radical (unpaired) electrons. The Kier molecular flexibility index (Phi) is 13.9. The molecule has 7 aliphatic rings. The normalized spacial score (nSPS) is 48.6. The van der Waals surface area contributed by atoms with Crippen LogP contribution in [-0.4, -0.2) is 156 Å². The predicted molar refractivity (Wildman–Crippen MR) is 231 cm³/mol. The van der Waals surface area contributed by atoms with Gasteiger partial charge in [-0.15, -0.1) is 0 Å². The van der Waals surface area contributed by atoms with Crippen molar-refractivity contribution >= 4 is 11.8 Å². The third-order valence-corrected chi connectivity index (χ3v) is 17.2. The zero-order valence-corrected chi connectivity index (χ0v) is 39.4. The van der Waals surface area contributed by atoms with Gasteiger partial charge in [-0.2, -0.15) is 0 Å². The van der Waals surface area contributed by atoms with Gasteiger partial charge in [0.15, 0.2) is 24.7 Å². The molecule has 0 bridgehead atoms. The van der Waals surface area contributed by atoms with Crippen molar-refractivity contribution in [1.82, 2.24) is 0 Å². The molecule has 364 valence electrons. The van der Waals surface area contributed by atoms with E-state index in [0.717, 1.165) is 5.57 Å². The summed E-state index contributed by atoms with van der Waals surface area (Å²) in [4.78, 5) is 26.9. The third-order valence-electron chi connectivity index (χ3n) is 17.2. The lowest BCUT2D eigenvalue weighted by Gasteiger charge is -2.67. The van der Waals surface area contributed by atoms with Gasteiger partial charge in [0.25, 0.3) is 0 Å². The van der Waals surface area contributed by atoms with E-state index in [2.05, 4.69) is 6.92 Å². The Balaban J connectivity index is 0.924. The molecule has 4 N–H and O–H groups in total. The fraction of sp³-hybridized carbons (Fsp3) is 0.796. The average molecular weight is 917 g/mol. The molecule has 16 heteroatoms. The number of ether oxygens (including phenoxy) is 10. The monoisotopic (exact) mass is 916 g/mol. The first-order valence-corrected chi connectivity index (χ1v) is 23.6. The summed E-state index contributed by atoms with van der Waals surface area (Å²) in [5.74, 6) is -1.73. The first kappa shape index (κ1) is 49.0. The number of Topliss-reactive ketones (excluding diaryl/α,β-unsaturated/α-hetero) is 1. The minimum absolute atomic E-state index is 0.0370. The maximum Gasteiger partial charge on any atom is 0.338 e. The molecule has 3 heterocycles. The maximum absolute atomic E-state index is 13.7. The molecular weight excluding hydrogens is 845 g/mol. The van der Waals surface area contributed by atoms with Gasteiger partial charge < -0.3 is 67.8 Å². The van der Waals surface area contributed by atoms with Crippen LogP contribution in [0.15, 0.2) is 42.0 Å². The van der Waals surface area contributed by atoms with Crippen LogP contribution in [0.4, 0.5) is 0 Å². The summed E-state index contributed by atoms with van der Waals surface area (Å²) in [5.41, 5.74) is -6.62. The molecular formula is C49H72O16. The second kappa shape index (κ2) is 18.5. The van der Waals surface area contributed by atoms with E-state index in [1.54, 1.807) is 65.5 Å². The van der Waals surface area contributed by atoms with Crippen molar-refractivity contribution in [3.05, 3.63) is 47.5 Å². The Morgan fingerprint density at radius 1 is 0.723 bits per heavy atom. The molecule has 0 unspecified atom stereocenters. The second-order valence-electron chi connectivity index (χ2n) is 20.3.